The summed E-state index contributed by atoms with van der Waals surface area (Å²) in [6.07, 6.45) is 1.62. The molecule has 1 aromatic heterocycles. The number of hydrogen-bond acceptors (Lipinski definition) is 4. The summed E-state index contributed by atoms with van der Waals surface area (Å²) in [5.74, 6) is -0.119. The van der Waals surface area contributed by atoms with Gasteiger partial charge in [-0.3, -0.25) is 10.1 Å². The number of nitrogens with one attached hydrogen (secondary N) is 1. The molecule has 0 aliphatic rings. The first-order valence-corrected chi connectivity index (χ1v) is 4.03. The first-order valence-electron chi connectivity index (χ1n) is 4.03. The first-order chi connectivity index (χ1) is 6.24. The number of rotatable bonds is 5. The van der Waals surface area contributed by atoms with Crippen LogP contribution in [0.15, 0.2) is 6.33 Å². The summed E-state index contributed by atoms with van der Waals surface area (Å²) in [6, 6.07) is 0. The quantitative estimate of drug-likeness (QED) is 0.643. The third-order valence-electron chi connectivity index (χ3n) is 1.60. The van der Waals surface area contributed by atoms with E-state index in [4.69, 9.17) is 5.11 Å². The average molecular weight is 184 g/mol. The molecule has 0 radical (unpaired) electrons. The Bertz CT molecular complexity index is 284. The lowest BCUT2D eigenvalue weighted by atomic mass is 10.5. The zero-order valence-electron chi connectivity index (χ0n) is 7.40. The van der Waals surface area contributed by atoms with E-state index in [2.05, 4.69) is 15.5 Å². The molecule has 0 aliphatic carbocycles. The predicted octanol–water partition coefficient (Wildman–Crippen LogP) is -0.528. The Morgan fingerprint density at radius 2 is 2.54 bits per heavy atom. The second-order valence-electron chi connectivity index (χ2n) is 2.53. The van der Waals surface area contributed by atoms with E-state index in [9.17, 15) is 4.79 Å². The van der Waals surface area contributed by atoms with Crippen LogP contribution in [-0.4, -0.2) is 32.4 Å². The second kappa shape index (κ2) is 4.56. The van der Waals surface area contributed by atoms with Gasteiger partial charge >= 0.3 is 5.97 Å². The normalized spacial score (nSPS) is 10.2. The molecule has 0 spiro atoms. The van der Waals surface area contributed by atoms with Crippen molar-refractivity contribution >= 4 is 5.97 Å². The van der Waals surface area contributed by atoms with Crippen LogP contribution in [0.3, 0.4) is 0 Å². The van der Waals surface area contributed by atoms with Crippen molar-refractivity contribution in [3.8, 4) is 0 Å². The van der Waals surface area contributed by atoms with Crippen molar-refractivity contribution in [2.24, 2.45) is 0 Å². The molecule has 0 aliphatic heterocycles. The Balaban J connectivity index is 2.40. The molecular formula is C7H12N4O2. The van der Waals surface area contributed by atoms with Crippen LogP contribution in [0, 0.1) is 0 Å². The molecule has 13 heavy (non-hydrogen) atoms. The number of carboxylic acids is 1. The lowest BCUT2D eigenvalue weighted by Gasteiger charge is -2.02. The van der Waals surface area contributed by atoms with Crippen LogP contribution in [0.25, 0.3) is 0 Å². The number of hydrogen-bond donors (Lipinski definition) is 2. The van der Waals surface area contributed by atoms with Gasteiger partial charge in [-0.25, -0.2) is 0 Å². The van der Waals surface area contributed by atoms with Gasteiger partial charge in [-0.2, -0.15) is 0 Å². The van der Waals surface area contributed by atoms with Crippen molar-refractivity contribution in [3.63, 3.8) is 0 Å². The minimum absolute atomic E-state index is 0.0590. The van der Waals surface area contributed by atoms with Gasteiger partial charge in [0.1, 0.15) is 12.2 Å². The highest BCUT2D eigenvalue weighted by Gasteiger charge is 2.02. The fourth-order valence-corrected chi connectivity index (χ4v) is 0.961. The van der Waals surface area contributed by atoms with Gasteiger partial charge in [-0.15, -0.1) is 10.2 Å². The second-order valence-corrected chi connectivity index (χ2v) is 2.53. The molecule has 0 saturated heterocycles. The molecule has 6 heteroatoms. The van der Waals surface area contributed by atoms with E-state index in [1.807, 2.05) is 11.5 Å². The maximum Gasteiger partial charge on any atom is 0.317 e. The summed E-state index contributed by atoms with van der Waals surface area (Å²) in [5, 5.41) is 18.7. The van der Waals surface area contributed by atoms with E-state index in [0.717, 1.165) is 12.4 Å². The summed E-state index contributed by atoms with van der Waals surface area (Å²) in [7, 11) is 0. The predicted molar refractivity (Wildman–Crippen MR) is 45.0 cm³/mol. The van der Waals surface area contributed by atoms with Gasteiger partial charge in [0.25, 0.3) is 0 Å². The van der Waals surface area contributed by atoms with Gasteiger partial charge in [0.15, 0.2) is 0 Å². The fraction of sp³-hybridized carbons (Fsp3) is 0.571. The van der Waals surface area contributed by atoms with Crippen molar-refractivity contribution in [1.29, 1.82) is 0 Å². The molecule has 1 heterocycles. The summed E-state index contributed by atoms with van der Waals surface area (Å²) in [5.41, 5.74) is 0. The van der Waals surface area contributed by atoms with Gasteiger partial charge in [0, 0.05) is 6.54 Å². The maximum atomic E-state index is 10.2. The molecule has 0 saturated carbocycles. The van der Waals surface area contributed by atoms with Gasteiger partial charge in [-0.1, -0.05) is 0 Å². The smallest absolute Gasteiger partial charge is 0.317 e. The Morgan fingerprint density at radius 1 is 1.77 bits per heavy atom. The van der Waals surface area contributed by atoms with Crippen molar-refractivity contribution in [2.45, 2.75) is 20.0 Å². The molecule has 0 atom stereocenters. The number of carboxylic acid groups (broad SMARTS) is 1. The van der Waals surface area contributed by atoms with E-state index in [1.54, 1.807) is 6.33 Å². The SMILES string of the molecule is CCn1cnnc1CNCC(=O)O. The molecule has 0 fully saturated rings. The van der Waals surface area contributed by atoms with Gasteiger partial charge in [0.2, 0.25) is 0 Å². The minimum atomic E-state index is -0.873. The van der Waals surface area contributed by atoms with Crippen LogP contribution in [-0.2, 0) is 17.9 Å². The van der Waals surface area contributed by atoms with E-state index >= 15 is 0 Å². The first kappa shape index (κ1) is 9.66. The molecule has 0 unspecified atom stereocenters. The van der Waals surface area contributed by atoms with Gasteiger partial charge in [-0.05, 0) is 6.92 Å². The molecule has 72 valence electrons. The monoisotopic (exact) mass is 184 g/mol. The van der Waals surface area contributed by atoms with Crippen molar-refractivity contribution in [1.82, 2.24) is 20.1 Å². The minimum Gasteiger partial charge on any atom is -0.480 e. The standard InChI is InChI=1S/C7H12N4O2/c1-2-11-5-9-10-6(11)3-8-4-7(12)13/h5,8H,2-4H2,1H3,(H,12,13). The van der Waals surface area contributed by atoms with E-state index < -0.39 is 5.97 Å². The Kier molecular flexibility index (Phi) is 3.39. The molecule has 2 N–H and O–H groups in total. The van der Waals surface area contributed by atoms with Gasteiger partial charge < -0.3 is 9.67 Å². The molecule has 6 nitrogen and oxygen atoms in total. The average Bonchev–Trinajstić information content (AvgIpc) is 2.51. The lowest BCUT2D eigenvalue weighted by Crippen LogP contribution is -2.23. The number of nitrogens with zero attached hydrogens (tertiary/aromatic N) is 3. The molecule has 0 aromatic carbocycles. The number of aromatic nitrogens is 3. The zero-order chi connectivity index (χ0) is 9.68. The number of carbonyl (C=O) groups is 1. The molecule has 1 rings (SSSR count). The van der Waals surface area contributed by atoms with Crippen molar-refractivity contribution in [3.05, 3.63) is 12.2 Å². The fourth-order valence-electron chi connectivity index (χ4n) is 0.961. The zero-order valence-corrected chi connectivity index (χ0v) is 7.40. The number of aryl methyl sites for hydroxylation is 1. The Hall–Kier alpha value is -1.43. The molecular weight excluding hydrogens is 172 g/mol. The Morgan fingerprint density at radius 3 is 3.15 bits per heavy atom. The highest BCUT2D eigenvalue weighted by molar-refractivity contribution is 5.68. The third kappa shape index (κ3) is 2.83. The number of aliphatic carboxylic acids is 1. The lowest BCUT2D eigenvalue weighted by molar-refractivity contribution is -0.136. The summed E-state index contributed by atoms with van der Waals surface area (Å²) < 4.78 is 1.86. The van der Waals surface area contributed by atoms with Gasteiger partial charge in [0.05, 0.1) is 13.1 Å². The van der Waals surface area contributed by atoms with Crippen molar-refractivity contribution < 1.29 is 9.90 Å². The largest absolute Gasteiger partial charge is 0.480 e. The van der Waals surface area contributed by atoms with Crippen LogP contribution in [0.5, 0.6) is 0 Å². The van der Waals surface area contributed by atoms with Crippen molar-refractivity contribution in [2.75, 3.05) is 6.54 Å². The van der Waals surface area contributed by atoms with Crippen LogP contribution < -0.4 is 5.32 Å². The topological polar surface area (TPSA) is 80.0 Å². The molecule has 0 bridgehead atoms. The van der Waals surface area contributed by atoms with Crippen LogP contribution in [0.2, 0.25) is 0 Å². The van der Waals surface area contributed by atoms with Crippen LogP contribution in [0.1, 0.15) is 12.7 Å². The Labute approximate surface area is 75.6 Å². The molecule has 1 aromatic rings. The highest BCUT2D eigenvalue weighted by Crippen LogP contribution is 1.93. The highest BCUT2D eigenvalue weighted by atomic mass is 16.4. The third-order valence-corrected chi connectivity index (χ3v) is 1.60. The van der Waals surface area contributed by atoms with Crippen LogP contribution in [0.4, 0.5) is 0 Å². The van der Waals surface area contributed by atoms with E-state index in [-0.39, 0.29) is 6.54 Å². The van der Waals surface area contributed by atoms with E-state index in [0.29, 0.717) is 6.54 Å². The summed E-state index contributed by atoms with van der Waals surface area (Å²) in [4.78, 5) is 10.2. The summed E-state index contributed by atoms with van der Waals surface area (Å²) >= 11 is 0. The van der Waals surface area contributed by atoms with Crippen LogP contribution >= 0.6 is 0 Å². The summed E-state index contributed by atoms with van der Waals surface area (Å²) in [6.45, 7) is 3.14. The maximum absolute atomic E-state index is 10.2. The van der Waals surface area contributed by atoms with E-state index in [1.165, 1.54) is 0 Å². The molecule has 0 amide bonds.